The zero-order chi connectivity index (χ0) is 12.3. The molecule has 1 fully saturated rings. The molecule has 17 heavy (non-hydrogen) atoms. The first-order valence-electron chi connectivity index (χ1n) is 5.81. The van der Waals surface area contributed by atoms with E-state index >= 15 is 0 Å². The number of hydrogen-bond acceptors (Lipinski definition) is 4. The predicted octanol–water partition coefficient (Wildman–Crippen LogP) is 1.63. The lowest BCUT2D eigenvalue weighted by molar-refractivity contribution is 0.0127. The quantitative estimate of drug-likeness (QED) is 0.835. The lowest BCUT2D eigenvalue weighted by Gasteiger charge is -2.27. The predicted molar refractivity (Wildman–Crippen MR) is 60.9 cm³/mol. The van der Waals surface area contributed by atoms with E-state index in [1.165, 1.54) is 12.3 Å². The van der Waals surface area contributed by atoms with Gasteiger partial charge in [0.25, 0.3) is 0 Å². The molecule has 0 spiro atoms. The molecule has 2 heterocycles. The van der Waals surface area contributed by atoms with Gasteiger partial charge in [-0.2, -0.15) is 0 Å². The van der Waals surface area contributed by atoms with Gasteiger partial charge >= 0.3 is 5.97 Å². The van der Waals surface area contributed by atoms with Gasteiger partial charge in [0.15, 0.2) is 0 Å². The van der Waals surface area contributed by atoms with Crippen molar-refractivity contribution in [1.29, 1.82) is 0 Å². The molecule has 1 aliphatic rings. The number of rotatable bonds is 4. The van der Waals surface area contributed by atoms with Crippen molar-refractivity contribution in [3.63, 3.8) is 0 Å². The van der Waals surface area contributed by atoms with Crippen LogP contribution >= 0.6 is 0 Å². The van der Waals surface area contributed by atoms with Crippen LogP contribution in [0.2, 0.25) is 0 Å². The molecule has 0 aromatic carbocycles. The minimum atomic E-state index is -0.948. The molecule has 0 amide bonds. The van der Waals surface area contributed by atoms with Gasteiger partial charge in [0.1, 0.15) is 11.3 Å². The third-order valence-electron chi connectivity index (χ3n) is 3.01. The van der Waals surface area contributed by atoms with E-state index in [1.54, 1.807) is 0 Å². The van der Waals surface area contributed by atoms with Crippen molar-refractivity contribution in [2.75, 3.05) is 6.61 Å². The van der Waals surface area contributed by atoms with Crippen LogP contribution in [0.3, 0.4) is 0 Å². The molecule has 0 aliphatic carbocycles. The summed E-state index contributed by atoms with van der Waals surface area (Å²) in [6, 6.07) is 1.84. The summed E-state index contributed by atoms with van der Waals surface area (Å²) in [7, 11) is 0. The van der Waals surface area contributed by atoms with Crippen LogP contribution in [0.1, 0.15) is 35.9 Å². The van der Waals surface area contributed by atoms with Crippen LogP contribution in [-0.2, 0) is 11.3 Å². The fraction of sp³-hybridized carbons (Fsp3) is 0.583. The van der Waals surface area contributed by atoms with E-state index in [2.05, 4.69) is 5.32 Å². The molecule has 0 bridgehead atoms. The Kier molecular flexibility index (Phi) is 3.81. The number of carboxylic acid groups (broad SMARTS) is 1. The summed E-state index contributed by atoms with van der Waals surface area (Å²) in [5, 5.41) is 12.2. The van der Waals surface area contributed by atoms with Crippen molar-refractivity contribution in [3.05, 3.63) is 23.7 Å². The maximum atomic E-state index is 10.9. The second-order valence-electron chi connectivity index (χ2n) is 4.35. The molecule has 5 nitrogen and oxygen atoms in total. The molecule has 0 radical (unpaired) electrons. The molecule has 2 atom stereocenters. The maximum Gasteiger partial charge on any atom is 0.339 e. The SMILES string of the molecule is CC1CC(NCc2occc2C(=O)O)CCO1. The first kappa shape index (κ1) is 12.1. The summed E-state index contributed by atoms with van der Waals surface area (Å²) in [6.07, 6.45) is 3.57. The van der Waals surface area contributed by atoms with Gasteiger partial charge in [0.2, 0.25) is 0 Å². The van der Waals surface area contributed by atoms with Crippen molar-refractivity contribution in [3.8, 4) is 0 Å². The van der Waals surface area contributed by atoms with Gasteiger partial charge in [-0.3, -0.25) is 0 Å². The van der Waals surface area contributed by atoms with Gasteiger partial charge in [-0.25, -0.2) is 4.79 Å². The molecular formula is C12H17NO4. The van der Waals surface area contributed by atoms with Crippen molar-refractivity contribution < 1.29 is 19.1 Å². The molecule has 2 unspecified atom stereocenters. The highest BCUT2D eigenvalue weighted by Crippen LogP contribution is 2.15. The molecule has 0 saturated carbocycles. The van der Waals surface area contributed by atoms with Crippen LogP contribution in [-0.4, -0.2) is 29.8 Å². The number of carboxylic acids is 1. The second-order valence-corrected chi connectivity index (χ2v) is 4.35. The average Bonchev–Trinajstić information content (AvgIpc) is 2.74. The highest BCUT2D eigenvalue weighted by atomic mass is 16.5. The number of ether oxygens (including phenoxy) is 1. The van der Waals surface area contributed by atoms with E-state index in [0.717, 1.165) is 19.4 Å². The van der Waals surface area contributed by atoms with Gasteiger partial charge < -0.3 is 19.6 Å². The fourth-order valence-electron chi connectivity index (χ4n) is 2.09. The molecule has 5 heteroatoms. The fourth-order valence-corrected chi connectivity index (χ4v) is 2.09. The number of hydrogen-bond donors (Lipinski definition) is 2. The third-order valence-corrected chi connectivity index (χ3v) is 3.01. The largest absolute Gasteiger partial charge is 0.478 e. The molecule has 94 valence electrons. The van der Waals surface area contributed by atoms with E-state index in [4.69, 9.17) is 14.3 Å². The Morgan fingerprint density at radius 1 is 1.65 bits per heavy atom. The summed E-state index contributed by atoms with van der Waals surface area (Å²) in [6.45, 7) is 3.25. The Labute approximate surface area is 99.8 Å². The monoisotopic (exact) mass is 239 g/mol. The van der Waals surface area contributed by atoms with Gasteiger partial charge in [-0.1, -0.05) is 0 Å². The van der Waals surface area contributed by atoms with Gasteiger partial charge in [0, 0.05) is 12.6 Å². The first-order chi connectivity index (χ1) is 8.16. The summed E-state index contributed by atoms with van der Waals surface area (Å²) >= 11 is 0. The van der Waals surface area contributed by atoms with Crippen LogP contribution in [0.4, 0.5) is 0 Å². The Morgan fingerprint density at radius 2 is 2.47 bits per heavy atom. The lowest BCUT2D eigenvalue weighted by Crippen LogP contribution is -2.37. The minimum absolute atomic E-state index is 0.234. The highest BCUT2D eigenvalue weighted by molar-refractivity contribution is 5.88. The van der Waals surface area contributed by atoms with Crippen molar-refractivity contribution in [1.82, 2.24) is 5.32 Å². The van der Waals surface area contributed by atoms with E-state index in [1.807, 2.05) is 6.92 Å². The average molecular weight is 239 g/mol. The topological polar surface area (TPSA) is 71.7 Å². The lowest BCUT2D eigenvalue weighted by atomic mass is 10.0. The van der Waals surface area contributed by atoms with Crippen LogP contribution in [0.15, 0.2) is 16.7 Å². The summed E-state index contributed by atoms with van der Waals surface area (Å²) < 4.78 is 10.6. The molecule has 1 aromatic heterocycles. The van der Waals surface area contributed by atoms with Crippen molar-refractivity contribution in [2.24, 2.45) is 0 Å². The Balaban J connectivity index is 1.89. The normalized spacial score (nSPS) is 24.8. The van der Waals surface area contributed by atoms with Gasteiger partial charge in [-0.05, 0) is 25.8 Å². The zero-order valence-corrected chi connectivity index (χ0v) is 9.81. The minimum Gasteiger partial charge on any atom is -0.478 e. The Morgan fingerprint density at radius 3 is 3.18 bits per heavy atom. The third kappa shape index (κ3) is 3.08. The van der Waals surface area contributed by atoms with E-state index < -0.39 is 5.97 Å². The van der Waals surface area contributed by atoms with Crippen molar-refractivity contribution in [2.45, 2.75) is 38.5 Å². The second kappa shape index (κ2) is 5.33. The van der Waals surface area contributed by atoms with E-state index in [0.29, 0.717) is 18.3 Å². The first-order valence-corrected chi connectivity index (χ1v) is 5.81. The molecule has 2 N–H and O–H groups in total. The van der Waals surface area contributed by atoms with Crippen molar-refractivity contribution >= 4 is 5.97 Å². The van der Waals surface area contributed by atoms with Crippen LogP contribution < -0.4 is 5.32 Å². The molecule has 1 aliphatic heterocycles. The van der Waals surface area contributed by atoms with Gasteiger partial charge in [0.05, 0.1) is 18.9 Å². The van der Waals surface area contributed by atoms with Crippen LogP contribution in [0.25, 0.3) is 0 Å². The maximum absolute atomic E-state index is 10.9. The molecular weight excluding hydrogens is 222 g/mol. The summed E-state index contributed by atoms with van der Waals surface area (Å²) in [4.78, 5) is 10.9. The van der Waals surface area contributed by atoms with Gasteiger partial charge in [-0.15, -0.1) is 0 Å². The number of aromatic carboxylic acids is 1. The highest BCUT2D eigenvalue weighted by Gasteiger charge is 2.20. The van der Waals surface area contributed by atoms with Crippen LogP contribution in [0, 0.1) is 0 Å². The summed E-state index contributed by atoms with van der Waals surface area (Å²) in [5.41, 5.74) is 0.234. The Hall–Kier alpha value is -1.33. The Bertz CT molecular complexity index is 388. The summed E-state index contributed by atoms with van der Waals surface area (Å²) in [5.74, 6) is -0.465. The molecule has 1 aromatic rings. The van der Waals surface area contributed by atoms with Crippen LogP contribution in [0.5, 0.6) is 0 Å². The number of carbonyl (C=O) groups is 1. The zero-order valence-electron chi connectivity index (χ0n) is 9.81. The standard InChI is InChI=1S/C12H17NO4/c1-8-6-9(2-4-16-8)13-7-11-10(12(14)15)3-5-17-11/h3,5,8-9,13H,2,4,6-7H2,1H3,(H,14,15). The molecule has 2 rings (SSSR count). The number of furan rings is 1. The van der Waals surface area contributed by atoms with E-state index in [9.17, 15) is 4.79 Å². The van der Waals surface area contributed by atoms with E-state index in [-0.39, 0.29) is 11.7 Å². The smallest absolute Gasteiger partial charge is 0.339 e. The number of nitrogens with one attached hydrogen (secondary N) is 1. The molecule has 1 saturated heterocycles.